The topological polar surface area (TPSA) is 75.7 Å². The molecule has 8 heteroatoms. The number of methoxy groups -OCH3 is 1. The molecule has 1 saturated heterocycles. The first-order valence-corrected chi connectivity index (χ1v) is 7.10. The summed E-state index contributed by atoms with van der Waals surface area (Å²) in [7, 11) is 1.33. The fraction of sp³-hybridized carbons (Fsp3) is 0.308. The molecule has 0 saturated carbocycles. The van der Waals surface area contributed by atoms with Crippen LogP contribution in [0.15, 0.2) is 18.2 Å². The molecule has 1 aromatic carbocycles. The smallest absolute Gasteiger partial charge is 0.288 e. The van der Waals surface area contributed by atoms with Crippen molar-refractivity contribution >= 4 is 28.8 Å². The monoisotopic (exact) mass is 312 g/mol. The first-order valence-electron chi connectivity index (χ1n) is 6.12. The van der Waals surface area contributed by atoms with Crippen molar-refractivity contribution in [2.75, 3.05) is 26.0 Å². The van der Waals surface area contributed by atoms with Crippen LogP contribution in [0.5, 0.6) is 5.75 Å². The van der Waals surface area contributed by atoms with Gasteiger partial charge in [0.15, 0.2) is 11.6 Å². The van der Waals surface area contributed by atoms with E-state index in [2.05, 4.69) is 5.32 Å². The molecule has 6 nitrogen and oxygen atoms in total. The maximum atomic E-state index is 13.5. The van der Waals surface area contributed by atoms with Crippen LogP contribution in [0.4, 0.5) is 9.18 Å². The maximum Gasteiger partial charge on any atom is 0.288 e. The number of amides is 3. The summed E-state index contributed by atoms with van der Waals surface area (Å²) in [6.07, 6.45) is 0. The van der Waals surface area contributed by atoms with E-state index in [9.17, 15) is 18.8 Å². The minimum absolute atomic E-state index is 0.0526. The molecule has 0 atom stereocenters. The molecule has 0 aliphatic carbocycles. The Morgan fingerprint density at radius 1 is 1.48 bits per heavy atom. The Bertz CT molecular complexity index is 578. The minimum atomic E-state index is -0.633. The van der Waals surface area contributed by atoms with Crippen molar-refractivity contribution in [2.24, 2.45) is 0 Å². The number of benzene rings is 1. The van der Waals surface area contributed by atoms with Crippen LogP contribution in [0.3, 0.4) is 0 Å². The molecule has 21 heavy (non-hydrogen) atoms. The summed E-state index contributed by atoms with van der Waals surface area (Å²) in [5.74, 6) is -1.20. The van der Waals surface area contributed by atoms with E-state index in [0.717, 1.165) is 22.7 Å². The van der Waals surface area contributed by atoms with E-state index in [-0.39, 0.29) is 41.3 Å². The van der Waals surface area contributed by atoms with Crippen molar-refractivity contribution in [1.82, 2.24) is 10.2 Å². The van der Waals surface area contributed by atoms with E-state index in [1.807, 2.05) is 0 Å². The molecule has 2 rings (SSSR count). The molecule has 0 radical (unpaired) electrons. The lowest BCUT2D eigenvalue weighted by Crippen LogP contribution is -2.37. The number of ether oxygens (including phenoxy) is 1. The third-order valence-electron chi connectivity index (χ3n) is 2.88. The fourth-order valence-corrected chi connectivity index (χ4v) is 2.54. The number of halogens is 1. The van der Waals surface area contributed by atoms with Gasteiger partial charge in [0.25, 0.3) is 11.1 Å². The second-order valence-corrected chi connectivity index (χ2v) is 5.13. The van der Waals surface area contributed by atoms with Crippen LogP contribution in [-0.4, -0.2) is 47.9 Å². The highest BCUT2D eigenvalue weighted by Crippen LogP contribution is 2.18. The maximum absolute atomic E-state index is 13.5. The largest absolute Gasteiger partial charge is 0.494 e. The van der Waals surface area contributed by atoms with Crippen LogP contribution in [0.1, 0.15) is 10.4 Å². The Hall–Kier alpha value is -2.09. The van der Waals surface area contributed by atoms with Crippen LogP contribution in [0, 0.1) is 5.82 Å². The Morgan fingerprint density at radius 2 is 2.24 bits per heavy atom. The molecule has 0 aromatic heterocycles. The zero-order valence-corrected chi connectivity index (χ0v) is 12.0. The van der Waals surface area contributed by atoms with Gasteiger partial charge in [-0.2, -0.15) is 0 Å². The van der Waals surface area contributed by atoms with Crippen molar-refractivity contribution in [3.63, 3.8) is 0 Å². The van der Waals surface area contributed by atoms with E-state index >= 15 is 0 Å². The van der Waals surface area contributed by atoms with Gasteiger partial charge >= 0.3 is 0 Å². The number of carbonyl (C=O) groups excluding carboxylic acids is 3. The van der Waals surface area contributed by atoms with Gasteiger partial charge in [0.2, 0.25) is 5.91 Å². The Balaban J connectivity index is 1.89. The van der Waals surface area contributed by atoms with Crippen LogP contribution < -0.4 is 10.1 Å². The third-order valence-corrected chi connectivity index (χ3v) is 3.73. The van der Waals surface area contributed by atoms with E-state index in [0.29, 0.717) is 0 Å². The van der Waals surface area contributed by atoms with Crippen LogP contribution in [0.2, 0.25) is 0 Å². The number of thioether (sulfide) groups is 1. The van der Waals surface area contributed by atoms with Gasteiger partial charge in [0, 0.05) is 18.7 Å². The predicted octanol–water partition coefficient (Wildman–Crippen LogP) is 1.26. The zero-order chi connectivity index (χ0) is 15.4. The summed E-state index contributed by atoms with van der Waals surface area (Å²) in [6.45, 7) is 0.222. The van der Waals surface area contributed by atoms with E-state index in [4.69, 9.17) is 4.74 Å². The Morgan fingerprint density at radius 3 is 2.81 bits per heavy atom. The van der Waals surface area contributed by atoms with Crippen LogP contribution in [-0.2, 0) is 4.79 Å². The molecule has 3 amide bonds. The molecule has 1 heterocycles. The van der Waals surface area contributed by atoms with Crippen LogP contribution >= 0.6 is 11.8 Å². The average Bonchev–Trinajstić information content (AvgIpc) is 2.78. The van der Waals surface area contributed by atoms with Gasteiger partial charge in [0.1, 0.15) is 0 Å². The van der Waals surface area contributed by atoms with Crippen molar-refractivity contribution in [1.29, 1.82) is 0 Å². The lowest BCUT2D eigenvalue weighted by Gasteiger charge is -2.13. The van der Waals surface area contributed by atoms with Crippen LogP contribution in [0.25, 0.3) is 0 Å². The number of carbonyl (C=O) groups is 3. The highest BCUT2D eigenvalue weighted by atomic mass is 32.2. The zero-order valence-electron chi connectivity index (χ0n) is 11.2. The molecule has 1 aliphatic rings. The van der Waals surface area contributed by atoms with Gasteiger partial charge in [-0.25, -0.2) is 4.39 Å². The Labute approximate surface area is 124 Å². The normalized spacial score (nSPS) is 14.5. The summed E-state index contributed by atoms with van der Waals surface area (Å²) in [6, 6.07) is 3.85. The summed E-state index contributed by atoms with van der Waals surface area (Å²) in [5, 5.41) is 2.21. The second-order valence-electron chi connectivity index (χ2n) is 4.21. The van der Waals surface area contributed by atoms with Crippen molar-refractivity contribution in [3.8, 4) is 5.75 Å². The van der Waals surface area contributed by atoms with Gasteiger partial charge < -0.3 is 10.1 Å². The van der Waals surface area contributed by atoms with Crippen molar-refractivity contribution in [2.45, 2.75) is 0 Å². The number of imide groups is 1. The summed E-state index contributed by atoms with van der Waals surface area (Å²) in [5.41, 5.74) is 0.141. The second kappa shape index (κ2) is 6.57. The predicted molar refractivity (Wildman–Crippen MR) is 74.9 cm³/mol. The molecular formula is C13H13FN2O4S. The Kier molecular flexibility index (Phi) is 4.79. The summed E-state index contributed by atoms with van der Waals surface area (Å²) < 4.78 is 18.2. The number of hydrogen-bond donors (Lipinski definition) is 1. The molecule has 1 aromatic rings. The van der Waals surface area contributed by atoms with Gasteiger partial charge in [-0.15, -0.1) is 0 Å². The third kappa shape index (κ3) is 3.52. The fourth-order valence-electron chi connectivity index (χ4n) is 1.79. The first-order chi connectivity index (χ1) is 10.0. The molecule has 0 bridgehead atoms. The highest BCUT2D eigenvalue weighted by Gasteiger charge is 2.29. The first kappa shape index (κ1) is 15.3. The van der Waals surface area contributed by atoms with Crippen molar-refractivity contribution < 1.29 is 23.5 Å². The number of nitrogens with zero attached hydrogens (tertiary/aromatic N) is 1. The summed E-state index contributed by atoms with van der Waals surface area (Å²) >= 11 is 0.936. The van der Waals surface area contributed by atoms with E-state index in [1.165, 1.54) is 19.2 Å². The molecule has 0 spiro atoms. The van der Waals surface area contributed by atoms with E-state index < -0.39 is 11.7 Å². The quantitative estimate of drug-likeness (QED) is 0.886. The molecule has 0 unspecified atom stereocenters. The lowest BCUT2D eigenvalue weighted by atomic mass is 10.2. The minimum Gasteiger partial charge on any atom is -0.494 e. The van der Waals surface area contributed by atoms with Gasteiger partial charge in [-0.3, -0.25) is 19.3 Å². The molecule has 1 aliphatic heterocycles. The molecular weight excluding hydrogens is 299 g/mol. The highest BCUT2D eigenvalue weighted by molar-refractivity contribution is 8.14. The van der Waals surface area contributed by atoms with Gasteiger partial charge in [-0.1, -0.05) is 11.8 Å². The molecule has 1 fully saturated rings. The van der Waals surface area contributed by atoms with E-state index in [1.54, 1.807) is 0 Å². The number of hydrogen-bond acceptors (Lipinski definition) is 5. The SMILES string of the molecule is COc1ccc(C(=O)NCCN2C(=O)CSC2=O)cc1F. The van der Waals surface area contributed by atoms with Gasteiger partial charge in [-0.05, 0) is 18.2 Å². The number of rotatable bonds is 5. The standard InChI is InChI=1S/C13H13FN2O4S/c1-20-10-3-2-8(6-9(10)14)12(18)15-4-5-16-11(17)7-21-13(16)19/h2-3,6H,4-5,7H2,1H3,(H,15,18). The van der Waals surface area contributed by atoms with Crippen molar-refractivity contribution in [3.05, 3.63) is 29.6 Å². The summed E-state index contributed by atoms with van der Waals surface area (Å²) in [4.78, 5) is 35.6. The lowest BCUT2D eigenvalue weighted by molar-refractivity contribution is -0.124. The molecule has 1 N–H and O–H groups in total. The average molecular weight is 312 g/mol. The molecule has 112 valence electrons. The number of nitrogens with one attached hydrogen (secondary N) is 1. The van der Waals surface area contributed by atoms with Gasteiger partial charge in [0.05, 0.1) is 12.9 Å².